The van der Waals surface area contributed by atoms with Crippen LogP contribution in [0.2, 0.25) is 15.1 Å². The predicted molar refractivity (Wildman–Crippen MR) is 121 cm³/mol. The molecule has 1 aliphatic rings. The first-order valence-electron chi connectivity index (χ1n) is 9.82. The third-order valence-corrected chi connectivity index (χ3v) is 6.48. The number of hydrogen-bond acceptors (Lipinski definition) is 1. The molecule has 1 saturated heterocycles. The molecule has 1 aliphatic heterocycles. The Labute approximate surface area is 190 Å². The van der Waals surface area contributed by atoms with Crippen molar-refractivity contribution in [3.63, 3.8) is 0 Å². The molecule has 2 unspecified atom stereocenters. The zero-order valence-corrected chi connectivity index (χ0v) is 18.4. The molecule has 0 bridgehead atoms. The summed E-state index contributed by atoms with van der Waals surface area (Å²) in [5.41, 5.74) is 2.88. The van der Waals surface area contributed by atoms with Crippen LogP contribution < -0.4 is 4.90 Å². The van der Waals surface area contributed by atoms with Gasteiger partial charge in [-0.15, -0.1) is 0 Å². The third-order valence-electron chi connectivity index (χ3n) is 5.67. The van der Waals surface area contributed by atoms with Crippen molar-refractivity contribution in [3.8, 4) is 0 Å². The van der Waals surface area contributed by atoms with Gasteiger partial charge in [0.2, 0.25) is 0 Å². The first kappa shape index (κ1) is 21.4. The summed E-state index contributed by atoms with van der Waals surface area (Å²) in [4.78, 5) is 2.32. The molecule has 0 spiro atoms. The summed E-state index contributed by atoms with van der Waals surface area (Å²) in [6.07, 6.45) is 2.52. The van der Waals surface area contributed by atoms with E-state index in [1.807, 2.05) is 36.4 Å². The van der Waals surface area contributed by atoms with Crippen LogP contribution in [0.1, 0.15) is 30.0 Å². The van der Waals surface area contributed by atoms with Crippen molar-refractivity contribution in [3.05, 3.63) is 98.5 Å². The second kappa shape index (κ2) is 9.13. The molecule has 0 aromatic heterocycles. The molecular formula is C24H20Cl3F2N. The van der Waals surface area contributed by atoms with Crippen LogP contribution in [0.4, 0.5) is 14.5 Å². The molecule has 0 aliphatic carbocycles. The normalized spacial score (nSPS) is 19.2. The maximum absolute atomic E-state index is 13.6. The van der Waals surface area contributed by atoms with Crippen molar-refractivity contribution in [2.45, 2.75) is 25.3 Å². The average molecular weight is 467 g/mol. The maximum Gasteiger partial charge on any atom is 0.159 e. The average Bonchev–Trinajstić information content (AvgIpc) is 2.72. The Hall–Kier alpha value is -1.81. The highest BCUT2D eigenvalue weighted by Crippen LogP contribution is 2.41. The van der Waals surface area contributed by atoms with Crippen LogP contribution in [0.3, 0.4) is 0 Å². The number of rotatable bonds is 4. The SMILES string of the molecule is Fc1ccc(CC2CCC(c3ccc(Cl)cc3Cl)N(c3ccc(Cl)cc3)C2)cc1F. The second-order valence-corrected chi connectivity index (χ2v) is 8.99. The van der Waals surface area contributed by atoms with Gasteiger partial charge in [-0.2, -0.15) is 0 Å². The van der Waals surface area contributed by atoms with Gasteiger partial charge in [0.25, 0.3) is 0 Å². The van der Waals surface area contributed by atoms with E-state index in [0.717, 1.165) is 36.2 Å². The van der Waals surface area contributed by atoms with Gasteiger partial charge in [-0.25, -0.2) is 8.78 Å². The zero-order chi connectivity index (χ0) is 21.3. The van der Waals surface area contributed by atoms with Gasteiger partial charge in [0.1, 0.15) is 0 Å². The summed E-state index contributed by atoms with van der Waals surface area (Å²) in [5, 5.41) is 1.93. The number of halogens is 5. The molecule has 4 rings (SSSR count). The molecule has 0 N–H and O–H groups in total. The van der Waals surface area contributed by atoms with E-state index in [4.69, 9.17) is 34.8 Å². The summed E-state index contributed by atoms with van der Waals surface area (Å²) >= 11 is 18.7. The van der Waals surface area contributed by atoms with Crippen molar-refractivity contribution in [2.24, 2.45) is 5.92 Å². The van der Waals surface area contributed by atoms with Gasteiger partial charge in [-0.05, 0) is 84.8 Å². The second-order valence-electron chi connectivity index (χ2n) is 7.71. The van der Waals surface area contributed by atoms with E-state index in [1.165, 1.54) is 12.1 Å². The summed E-state index contributed by atoms with van der Waals surface area (Å²) in [7, 11) is 0. The van der Waals surface area contributed by atoms with Crippen molar-refractivity contribution in [1.82, 2.24) is 0 Å². The van der Waals surface area contributed by atoms with E-state index >= 15 is 0 Å². The van der Waals surface area contributed by atoms with Gasteiger partial charge >= 0.3 is 0 Å². The number of nitrogens with zero attached hydrogens (tertiary/aromatic N) is 1. The van der Waals surface area contributed by atoms with Crippen molar-refractivity contribution >= 4 is 40.5 Å². The first-order valence-corrected chi connectivity index (χ1v) is 10.9. The van der Waals surface area contributed by atoms with Gasteiger partial charge in [-0.3, -0.25) is 0 Å². The fraction of sp³-hybridized carbons (Fsp3) is 0.250. The highest BCUT2D eigenvalue weighted by atomic mass is 35.5. The molecule has 1 fully saturated rings. The Morgan fingerprint density at radius 2 is 1.53 bits per heavy atom. The molecule has 6 heteroatoms. The summed E-state index contributed by atoms with van der Waals surface area (Å²) in [6.45, 7) is 0.768. The highest BCUT2D eigenvalue weighted by Gasteiger charge is 2.31. The summed E-state index contributed by atoms with van der Waals surface area (Å²) in [5.74, 6) is -1.32. The van der Waals surface area contributed by atoms with Crippen LogP contribution in [-0.4, -0.2) is 6.54 Å². The Morgan fingerprint density at radius 3 is 2.23 bits per heavy atom. The van der Waals surface area contributed by atoms with Gasteiger partial charge < -0.3 is 4.90 Å². The van der Waals surface area contributed by atoms with Crippen LogP contribution in [0, 0.1) is 17.6 Å². The lowest BCUT2D eigenvalue weighted by atomic mass is 9.85. The lowest BCUT2D eigenvalue weighted by Gasteiger charge is -2.42. The molecule has 0 amide bonds. The van der Waals surface area contributed by atoms with Crippen LogP contribution in [0.15, 0.2) is 60.7 Å². The Balaban J connectivity index is 1.62. The molecule has 3 aromatic carbocycles. The van der Waals surface area contributed by atoms with E-state index in [2.05, 4.69) is 4.90 Å². The topological polar surface area (TPSA) is 3.24 Å². The van der Waals surface area contributed by atoms with Crippen LogP contribution >= 0.6 is 34.8 Å². The predicted octanol–water partition coefficient (Wildman–Crippen LogP) is 8.13. The van der Waals surface area contributed by atoms with E-state index in [9.17, 15) is 8.78 Å². The van der Waals surface area contributed by atoms with Gasteiger partial charge in [0.15, 0.2) is 11.6 Å². The Morgan fingerprint density at radius 1 is 0.800 bits per heavy atom. The Kier molecular flexibility index (Phi) is 6.52. The largest absolute Gasteiger partial charge is 0.364 e. The molecule has 1 heterocycles. The van der Waals surface area contributed by atoms with Crippen LogP contribution in [0.25, 0.3) is 0 Å². The molecule has 3 aromatic rings. The molecule has 0 saturated carbocycles. The lowest BCUT2D eigenvalue weighted by Crippen LogP contribution is -2.39. The fourth-order valence-electron chi connectivity index (χ4n) is 4.23. The minimum Gasteiger partial charge on any atom is -0.364 e. The van der Waals surface area contributed by atoms with Crippen molar-refractivity contribution < 1.29 is 8.78 Å². The molecule has 0 radical (unpaired) electrons. The number of anilines is 1. The maximum atomic E-state index is 13.6. The van der Waals surface area contributed by atoms with Crippen molar-refractivity contribution in [2.75, 3.05) is 11.4 Å². The van der Waals surface area contributed by atoms with Gasteiger partial charge in [-0.1, -0.05) is 46.9 Å². The molecule has 30 heavy (non-hydrogen) atoms. The molecule has 156 valence electrons. The van der Waals surface area contributed by atoms with E-state index < -0.39 is 11.6 Å². The Bertz CT molecular complexity index is 1040. The van der Waals surface area contributed by atoms with Crippen molar-refractivity contribution in [1.29, 1.82) is 0 Å². The quantitative estimate of drug-likeness (QED) is 0.375. The van der Waals surface area contributed by atoms with Gasteiger partial charge in [0, 0.05) is 27.3 Å². The fourth-order valence-corrected chi connectivity index (χ4v) is 4.89. The van der Waals surface area contributed by atoms with Crippen LogP contribution in [0.5, 0.6) is 0 Å². The summed E-state index contributed by atoms with van der Waals surface area (Å²) < 4.78 is 26.9. The standard InChI is InChI=1S/C24H20Cl3F2N/c25-17-3-6-19(7-4-17)30-14-16(11-15-1-9-22(28)23(29)12-15)2-10-24(30)20-8-5-18(26)13-21(20)27/h1,3-9,12-13,16,24H,2,10-11,14H2. The zero-order valence-electron chi connectivity index (χ0n) is 16.1. The monoisotopic (exact) mass is 465 g/mol. The smallest absolute Gasteiger partial charge is 0.159 e. The third kappa shape index (κ3) is 4.74. The number of piperidine rings is 1. The highest BCUT2D eigenvalue weighted by molar-refractivity contribution is 6.35. The minimum absolute atomic E-state index is 0.0946. The number of hydrogen-bond donors (Lipinski definition) is 0. The molecule has 1 nitrogen and oxygen atoms in total. The molecule has 2 atom stereocenters. The van der Waals surface area contributed by atoms with E-state index in [0.29, 0.717) is 27.4 Å². The lowest BCUT2D eigenvalue weighted by molar-refractivity contribution is 0.357. The minimum atomic E-state index is -0.817. The summed E-state index contributed by atoms with van der Waals surface area (Å²) in [6, 6.07) is 17.6. The first-order chi connectivity index (χ1) is 14.4. The molecular weight excluding hydrogens is 447 g/mol. The van der Waals surface area contributed by atoms with E-state index in [1.54, 1.807) is 12.1 Å². The van der Waals surface area contributed by atoms with Gasteiger partial charge in [0.05, 0.1) is 6.04 Å². The van der Waals surface area contributed by atoms with E-state index in [-0.39, 0.29) is 6.04 Å². The van der Waals surface area contributed by atoms with Crippen LogP contribution in [-0.2, 0) is 6.42 Å². The number of benzene rings is 3.